The van der Waals surface area contributed by atoms with Gasteiger partial charge in [-0.05, 0) is 69.9 Å². The van der Waals surface area contributed by atoms with Crippen molar-refractivity contribution in [1.29, 1.82) is 0 Å². The number of benzene rings is 1. The second kappa shape index (κ2) is 14.3. The summed E-state index contributed by atoms with van der Waals surface area (Å²) in [6.07, 6.45) is 5.61. The minimum absolute atomic E-state index is 0.0224. The predicted octanol–water partition coefficient (Wildman–Crippen LogP) is 2.49. The molecule has 3 heterocycles. The zero-order valence-corrected chi connectivity index (χ0v) is 25.8. The lowest BCUT2D eigenvalue weighted by Crippen LogP contribution is -2.45. The molecule has 230 valence electrons. The maximum Gasteiger partial charge on any atom is 0.308 e. The molecule has 0 radical (unpaired) electrons. The molecule has 2 saturated heterocycles. The molecule has 1 amide bonds. The summed E-state index contributed by atoms with van der Waals surface area (Å²) in [5, 5.41) is 10.5. The number of hydrogen-bond acceptors (Lipinski definition) is 7. The maximum atomic E-state index is 13.7. The highest BCUT2D eigenvalue weighted by atomic mass is 32.2. The van der Waals surface area contributed by atoms with Gasteiger partial charge in [-0.15, -0.1) is 0 Å². The van der Waals surface area contributed by atoms with Crippen molar-refractivity contribution in [2.45, 2.75) is 63.8 Å². The third kappa shape index (κ3) is 8.00. The number of carbonyl (C=O) groups excluding carboxylic acids is 1. The van der Waals surface area contributed by atoms with Gasteiger partial charge in [0.05, 0.1) is 24.8 Å². The van der Waals surface area contributed by atoms with Gasteiger partial charge in [0.25, 0.3) is 0 Å². The Labute approximate surface area is 245 Å². The number of sulfonamides is 1. The van der Waals surface area contributed by atoms with Crippen molar-refractivity contribution in [3.05, 3.63) is 29.3 Å². The molecule has 0 bridgehead atoms. The number of ether oxygens (including phenoxy) is 1. The van der Waals surface area contributed by atoms with Gasteiger partial charge in [-0.1, -0.05) is 25.5 Å². The average molecular weight is 593 g/mol. The van der Waals surface area contributed by atoms with Crippen molar-refractivity contribution >= 4 is 21.9 Å². The third-order valence-corrected chi connectivity index (χ3v) is 10.8. The van der Waals surface area contributed by atoms with Gasteiger partial charge in [-0.3, -0.25) is 14.5 Å². The molecular formula is C30H48N4O6S. The molecule has 0 spiro atoms. The van der Waals surface area contributed by atoms with Crippen molar-refractivity contribution in [2.75, 3.05) is 72.3 Å². The second-order valence-electron chi connectivity index (χ2n) is 12.0. The van der Waals surface area contributed by atoms with E-state index in [-0.39, 0.29) is 30.7 Å². The van der Waals surface area contributed by atoms with E-state index in [4.69, 9.17) is 4.74 Å². The molecule has 11 heteroatoms. The molecular weight excluding hydrogens is 544 g/mol. The van der Waals surface area contributed by atoms with Crippen LogP contribution < -0.4 is 4.74 Å². The van der Waals surface area contributed by atoms with Crippen molar-refractivity contribution in [1.82, 2.24) is 19.0 Å². The van der Waals surface area contributed by atoms with E-state index >= 15 is 0 Å². The summed E-state index contributed by atoms with van der Waals surface area (Å²) in [6, 6.07) is 5.50. The monoisotopic (exact) mass is 592 g/mol. The molecule has 3 aliphatic rings. The number of carboxylic acid groups (broad SMARTS) is 1. The Morgan fingerprint density at radius 2 is 1.88 bits per heavy atom. The van der Waals surface area contributed by atoms with Crippen LogP contribution in [0.5, 0.6) is 5.75 Å². The highest BCUT2D eigenvalue weighted by Gasteiger charge is 2.47. The molecule has 1 unspecified atom stereocenters. The Balaban J connectivity index is 1.55. The van der Waals surface area contributed by atoms with Crippen molar-refractivity contribution in [3.63, 3.8) is 0 Å². The largest absolute Gasteiger partial charge is 0.493 e. The average Bonchev–Trinajstić information content (AvgIpc) is 3.62. The number of hydrogen-bond donors (Lipinski definition) is 1. The van der Waals surface area contributed by atoms with E-state index in [1.807, 2.05) is 36.0 Å². The van der Waals surface area contributed by atoms with Crippen LogP contribution >= 0.6 is 0 Å². The van der Waals surface area contributed by atoms with Gasteiger partial charge < -0.3 is 19.6 Å². The van der Waals surface area contributed by atoms with Crippen LogP contribution in [-0.4, -0.2) is 123 Å². The standard InChI is InChI=1S/C30H48N4O6S/c1-4-5-14-32(15-7-6-13-31(2)3)28(35)22-33-21-25(23-9-10-27-24(20-23)12-18-40-27)29(30(36)37)26(33)11-17-34-16-8-19-41(34,38)39/h9-10,20,25-26,29H,4-8,11-19,21-22H2,1-3H3,(H,36,37)/t25-,26+,29?/m1/s1. The molecule has 0 aliphatic carbocycles. The second-order valence-corrected chi connectivity index (χ2v) is 14.1. The van der Waals surface area contributed by atoms with Crippen molar-refractivity contribution in [3.8, 4) is 5.75 Å². The molecule has 41 heavy (non-hydrogen) atoms. The van der Waals surface area contributed by atoms with E-state index in [9.17, 15) is 23.1 Å². The zero-order chi connectivity index (χ0) is 29.6. The van der Waals surface area contributed by atoms with Crippen LogP contribution in [0.4, 0.5) is 0 Å². The summed E-state index contributed by atoms with van der Waals surface area (Å²) < 4.78 is 32.2. The van der Waals surface area contributed by atoms with E-state index in [1.54, 1.807) is 0 Å². The summed E-state index contributed by atoms with van der Waals surface area (Å²) >= 11 is 0. The van der Waals surface area contributed by atoms with Gasteiger partial charge in [0.1, 0.15) is 5.75 Å². The molecule has 4 rings (SSSR count). The highest BCUT2D eigenvalue weighted by molar-refractivity contribution is 7.89. The number of carbonyl (C=O) groups is 2. The fourth-order valence-corrected chi connectivity index (χ4v) is 8.10. The van der Waals surface area contributed by atoms with E-state index < -0.39 is 28.0 Å². The lowest BCUT2D eigenvalue weighted by Gasteiger charge is -2.30. The minimum atomic E-state index is -3.30. The molecule has 0 saturated carbocycles. The summed E-state index contributed by atoms with van der Waals surface area (Å²) in [4.78, 5) is 32.6. The molecule has 10 nitrogen and oxygen atoms in total. The van der Waals surface area contributed by atoms with E-state index in [0.29, 0.717) is 45.6 Å². The Kier molecular flexibility index (Phi) is 11.1. The van der Waals surface area contributed by atoms with E-state index in [1.165, 1.54) is 4.31 Å². The first-order valence-electron chi connectivity index (χ1n) is 15.2. The maximum absolute atomic E-state index is 13.7. The van der Waals surface area contributed by atoms with Crippen LogP contribution in [0.3, 0.4) is 0 Å². The first-order valence-corrected chi connectivity index (χ1v) is 16.8. The summed E-state index contributed by atoms with van der Waals surface area (Å²) in [5.41, 5.74) is 2.03. The molecule has 1 N–H and O–H groups in total. The Morgan fingerprint density at radius 1 is 1.12 bits per heavy atom. The van der Waals surface area contributed by atoms with Crippen LogP contribution in [0.15, 0.2) is 18.2 Å². The van der Waals surface area contributed by atoms with Crippen LogP contribution in [0.25, 0.3) is 0 Å². The Bertz CT molecular complexity index is 1160. The van der Waals surface area contributed by atoms with Crippen LogP contribution in [0.2, 0.25) is 0 Å². The quantitative estimate of drug-likeness (QED) is 0.310. The number of fused-ring (bicyclic) bond motifs is 1. The minimum Gasteiger partial charge on any atom is -0.493 e. The van der Waals surface area contributed by atoms with Gasteiger partial charge in [0, 0.05) is 51.1 Å². The van der Waals surface area contributed by atoms with Gasteiger partial charge in [0.2, 0.25) is 15.9 Å². The third-order valence-electron chi connectivity index (χ3n) is 8.81. The fourth-order valence-electron chi connectivity index (χ4n) is 6.56. The van der Waals surface area contributed by atoms with Gasteiger partial charge in [0.15, 0.2) is 0 Å². The van der Waals surface area contributed by atoms with Crippen LogP contribution in [0.1, 0.15) is 62.5 Å². The first kappa shape index (κ1) is 31.7. The van der Waals surface area contributed by atoms with Gasteiger partial charge >= 0.3 is 5.97 Å². The Morgan fingerprint density at radius 3 is 2.56 bits per heavy atom. The summed E-state index contributed by atoms with van der Waals surface area (Å²) in [5.74, 6) is -0.922. The summed E-state index contributed by atoms with van der Waals surface area (Å²) in [7, 11) is 0.794. The van der Waals surface area contributed by atoms with Crippen LogP contribution in [-0.2, 0) is 26.0 Å². The van der Waals surface area contributed by atoms with Crippen molar-refractivity contribution < 1.29 is 27.9 Å². The smallest absolute Gasteiger partial charge is 0.308 e. The Hall–Kier alpha value is -2.21. The molecule has 3 atom stereocenters. The number of rotatable bonds is 15. The topological polar surface area (TPSA) is 111 Å². The van der Waals surface area contributed by atoms with E-state index in [2.05, 4.69) is 17.9 Å². The lowest BCUT2D eigenvalue weighted by molar-refractivity contribution is -0.143. The number of aliphatic carboxylic acids is 1. The number of likely N-dealkylation sites (tertiary alicyclic amines) is 1. The zero-order valence-electron chi connectivity index (χ0n) is 25.0. The normalized spacial score (nSPS) is 24.0. The first-order chi connectivity index (χ1) is 19.6. The fraction of sp³-hybridized carbons (Fsp3) is 0.733. The lowest BCUT2D eigenvalue weighted by atomic mass is 9.83. The molecule has 3 aliphatic heterocycles. The molecule has 1 aromatic carbocycles. The molecule has 0 aromatic heterocycles. The number of amides is 1. The van der Waals surface area contributed by atoms with Gasteiger partial charge in [-0.2, -0.15) is 0 Å². The molecule has 2 fully saturated rings. The number of unbranched alkanes of at least 4 members (excludes halogenated alkanes) is 2. The van der Waals surface area contributed by atoms with Crippen LogP contribution in [0, 0.1) is 5.92 Å². The van der Waals surface area contributed by atoms with Crippen molar-refractivity contribution in [2.24, 2.45) is 5.92 Å². The van der Waals surface area contributed by atoms with E-state index in [0.717, 1.165) is 55.5 Å². The highest BCUT2D eigenvalue weighted by Crippen LogP contribution is 2.41. The SMILES string of the molecule is CCCCN(CCCCN(C)C)C(=O)CN1C[C@H](c2ccc3c(c2)CCO3)C(C(=O)O)[C@@H]1CCN1CCCS1(=O)=O. The number of nitrogens with zero attached hydrogens (tertiary/aromatic N) is 4. The van der Waals surface area contributed by atoms with Gasteiger partial charge in [-0.25, -0.2) is 12.7 Å². The summed E-state index contributed by atoms with van der Waals surface area (Å²) in [6.45, 7) is 6.42. The molecule has 1 aromatic rings. The number of carboxylic acids is 1. The predicted molar refractivity (Wildman–Crippen MR) is 159 cm³/mol.